The van der Waals surface area contributed by atoms with Crippen LogP contribution >= 0.6 is 0 Å². The maximum atomic E-state index is 13.4. The number of hydrogen-bond acceptors (Lipinski definition) is 13. The molecule has 61 heavy (non-hydrogen) atoms. The Balaban J connectivity index is 0.772. The molecule has 2 saturated heterocycles. The molecule has 0 bridgehead atoms. The van der Waals surface area contributed by atoms with E-state index in [1.807, 2.05) is 30.3 Å². The number of nitrogens with one attached hydrogen (secondary N) is 2. The van der Waals surface area contributed by atoms with Crippen molar-refractivity contribution in [2.75, 3.05) is 51.2 Å². The van der Waals surface area contributed by atoms with Crippen LogP contribution in [0.25, 0.3) is 22.6 Å². The second-order valence-electron chi connectivity index (χ2n) is 14.8. The number of ether oxygens (including phenoxy) is 1. The van der Waals surface area contributed by atoms with Gasteiger partial charge in [0.1, 0.15) is 6.04 Å². The Labute approximate surface area is 349 Å². The van der Waals surface area contributed by atoms with Crippen LogP contribution in [0.3, 0.4) is 0 Å². The lowest BCUT2D eigenvalue weighted by Gasteiger charge is -2.34. The average molecular weight is 821 g/mol. The monoisotopic (exact) mass is 820 g/mol. The van der Waals surface area contributed by atoms with Gasteiger partial charge < -0.3 is 15.0 Å². The molecule has 3 aliphatic rings. The number of anilines is 1. The third-order valence-corrected chi connectivity index (χ3v) is 10.8. The SMILES string of the molecule is N#Cc1cccc(-c2ccc(=O)n(Cc3cccc(-c4ncc(COCCN5CCN(C(=O)CNc6cccc7c6C(=O)N([C@H]6CCC(=O)NC6=O)C7=O)CC5)cn4)c3)n2)c1. The van der Waals surface area contributed by atoms with E-state index in [2.05, 4.69) is 36.7 Å². The number of piperidine rings is 1. The molecular formula is C44H40N10O7. The number of piperazine rings is 1. The highest BCUT2D eigenvalue weighted by Crippen LogP contribution is 2.32. The molecule has 0 aliphatic carbocycles. The van der Waals surface area contributed by atoms with Crippen molar-refractivity contribution < 1.29 is 28.7 Å². The molecule has 2 N–H and O–H groups in total. The molecule has 5 amide bonds. The smallest absolute Gasteiger partial charge is 0.267 e. The summed E-state index contributed by atoms with van der Waals surface area (Å²) in [5, 5.41) is 19.0. The number of nitriles is 1. The zero-order valence-corrected chi connectivity index (χ0v) is 33.0. The fourth-order valence-electron chi connectivity index (χ4n) is 7.57. The molecule has 8 rings (SSSR count). The van der Waals surface area contributed by atoms with Gasteiger partial charge >= 0.3 is 0 Å². The topological polar surface area (TPSA) is 213 Å². The van der Waals surface area contributed by atoms with E-state index in [9.17, 15) is 34.0 Å². The molecule has 3 aliphatic heterocycles. The Hall–Kier alpha value is -7.42. The average Bonchev–Trinajstić information content (AvgIpc) is 3.54. The van der Waals surface area contributed by atoms with Gasteiger partial charge in [0, 0.05) is 80.0 Å². The largest absolute Gasteiger partial charge is 0.375 e. The van der Waals surface area contributed by atoms with Gasteiger partial charge in [0.25, 0.3) is 17.4 Å². The van der Waals surface area contributed by atoms with E-state index in [1.54, 1.807) is 53.7 Å². The maximum Gasteiger partial charge on any atom is 0.267 e. The quantitative estimate of drug-likeness (QED) is 0.129. The Morgan fingerprint density at radius 1 is 0.869 bits per heavy atom. The van der Waals surface area contributed by atoms with Crippen LogP contribution in [0.5, 0.6) is 0 Å². The van der Waals surface area contributed by atoms with Crippen LogP contribution in [0.1, 0.15) is 50.2 Å². The summed E-state index contributed by atoms with van der Waals surface area (Å²) in [6.07, 6.45) is 3.54. The summed E-state index contributed by atoms with van der Waals surface area (Å²) >= 11 is 0. The predicted octanol–water partition coefficient (Wildman–Crippen LogP) is 2.46. The Morgan fingerprint density at radius 3 is 2.43 bits per heavy atom. The lowest BCUT2D eigenvalue weighted by molar-refractivity contribution is -0.136. The molecular weight excluding hydrogens is 781 g/mol. The summed E-state index contributed by atoms with van der Waals surface area (Å²) < 4.78 is 7.32. The van der Waals surface area contributed by atoms with E-state index >= 15 is 0 Å². The first-order valence-electron chi connectivity index (χ1n) is 19.8. The van der Waals surface area contributed by atoms with E-state index in [0.717, 1.165) is 27.2 Å². The minimum atomic E-state index is -1.07. The zero-order valence-electron chi connectivity index (χ0n) is 33.0. The Kier molecular flexibility index (Phi) is 11.8. The highest BCUT2D eigenvalue weighted by atomic mass is 16.5. The highest BCUT2D eigenvalue weighted by molar-refractivity contribution is 6.25. The van der Waals surface area contributed by atoms with E-state index in [4.69, 9.17) is 4.74 Å². The number of carbonyl (C=O) groups excluding carboxylic acids is 5. The number of hydrogen-bond donors (Lipinski definition) is 2. The minimum Gasteiger partial charge on any atom is -0.375 e. The lowest BCUT2D eigenvalue weighted by Crippen LogP contribution is -2.54. The van der Waals surface area contributed by atoms with Gasteiger partial charge in [-0.15, -0.1) is 0 Å². The molecule has 0 spiro atoms. The summed E-state index contributed by atoms with van der Waals surface area (Å²) in [6.45, 7) is 3.99. The van der Waals surface area contributed by atoms with Gasteiger partial charge in [-0.25, -0.2) is 14.6 Å². The first kappa shape index (κ1) is 40.4. The highest BCUT2D eigenvalue weighted by Gasteiger charge is 2.45. The van der Waals surface area contributed by atoms with Crippen LogP contribution in [0.2, 0.25) is 0 Å². The van der Waals surface area contributed by atoms with Gasteiger partial charge in [-0.1, -0.05) is 36.4 Å². The third kappa shape index (κ3) is 8.95. The molecule has 5 aromatic rings. The molecule has 0 radical (unpaired) electrons. The van der Waals surface area contributed by atoms with Crippen molar-refractivity contribution in [3.05, 3.63) is 129 Å². The van der Waals surface area contributed by atoms with Crippen LogP contribution < -0.4 is 16.2 Å². The van der Waals surface area contributed by atoms with Crippen LogP contribution in [0, 0.1) is 11.3 Å². The molecule has 308 valence electrons. The summed E-state index contributed by atoms with van der Waals surface area (Å²) in [7, 11) is 0. The first-order chi connectivity index (χ1) is 29.6. The Morgan fingerprint density at radius 2 is 1.64 bits per heavy atom. The number of imide groups is 2. The predicted molar refractivity (Wildman–Crippen MR) is 219 cm³/mol. The van der Waals surface area contributed by atoms with Crippen LogP contribution in [-0.2, 0) is 32.3 Å². The fraction of sp³-hybridized carbons (Fsp3) is 0.273. The molecule has 2 fully saturated rings. The number of nitrogens with zero attached hydrogens (tertiary/aromatic N) is 8. The van der Waals surface area contributed by atoms with Crippen molar-refractivity contribution in [3.63, 3.8) is 0 Å². The number of benzene rings is 3. The summed E-state index contributed by atoms with van der Waals surface area (Å²) in [5.74, 6) is -1.99. The van der Waals surface area contributed by atoms with Crippen LogP contribution in [-0.4, -0.2) is 116 Å². The lowest BCUT2D eigenvalue weighted by atomic mass is 10.0. The molecule has 3 aromatic carbocycles. The van der Waals surface area contributed by atoms with Crippen molar-refractivity contribution in [1.82, 2.24) is 39.8 Å². The molecule has 17 heteroatoms. The number of carbonyl (C=O) groups is 5. The maximum absolute atomic E-state index is 13.4. The van der Waals surface area contributed by atoms with E-state index < -0.39 is 29.7 Å². The number of aromatic nitrogens is 4. The number of fused-ring (bicyclic) bond motifs is 1. The van der Waals surface area contributed by atoms with Crippen molar-refractivity contribution in [3.8, 4) is 28.7 Å². The number of amides is 5. The van der Waals surface area contributed by atoms with Gasteiger partial charge in [-0.05, 0) is 48.4 Å². The van der Waals surface area contributed by atoms with Crippen molar-refractivity contribution in [2.24, 2.45) is 0 Å². The Bertz CT molecular complexity index is 2630. The molecule has 0 unspecified atom stereocenters. The second-order valence-corrected chi connectivity index (χ2v) is 14.8. The molecule has 0 saturated carbocycles. The molecule has 2 aromatic heterocycles. The van der Waals surface area contributed by atoms with Gasteiger partial charge in [0.15, 0.2) is 5.82 Å². The first-order valence-corrected chi connectivity index (χ1v) is 19.8. The van der Waals surface area contributed by atoms with Gasteiger partial charge in [0.05, 0.1) is 54.8 Å². The van der Waals surface area contributed by atoms with Gasteiger partial charge in [-0.3, -0.25) is 43.9 Å². The van der Waals surface area contributed by atoms with E-state index in [1.165, 1.54) is 16.8 Å². The van der Waals surface area contributed by atoms with Crippen molar-refractivity contribution >= 4 is 35.2 Å². The van der Waals surface area contributed by atoms with Crippen molar-refractivity contribution in [1.29, 1.82) is 5.26 Å². The number of rotatable bonds is 13. The third-order valence-electron chi connectivity index (χ3n) is 10.8. The fourth-order valence-corrected chi connectivity index (χ4v) is 7.57. The molecule has 1 atom stereocenters. The summed E-state index contributed by atoms with van der Waals surface area (Å²) in [6, 6.07) is 23.6. The van der Waals surface area contributed by atoms with Crippen LogP contribution in [0.15, 0.2) is 96.1 Å². The van der Waals surface area contributed by atoms with E-state index in [0.29, 0.717) is 68.7 Å². The molecule has 5 heterocycles. The summed E-state index contributed by atoms with van der Waals surface area (Å²) in [4.78, 5) is 90.4. The standard InChI is InChI=1S/C44H40N10O7/c45-22-28-4-1-6-31(20-28)34-10-13-38(56)53(50-34)26-29-5-2-7-32(21-29)41-47-23-30(24-48-41)27-61-19-18-51-14-16-52(17-15-51)39(57)25-46-35-9-3-8-33-40(35)44(60)54(43(33)59)36-11-12-37(55)49-42(36)58/h1-10,13,20-21,23-24,36,46H,11-12,14-19,25-27H2,(H,49,55,58)/t36-/m0/s1. The summed E-state index contributed by atoms with van der Waals surface area (Å²) in [5.41, 5.74) is 4.63. The minimum absolute atomic E-state index is 0.0274. The van der Waals surface area contributed by atoms with Gasteiger partial charge in [0.2, 0.25) is 17.7 Å². The van der Waals surface area contributed by atoms with E-state index in [-0.39, 0.29) is 48.5 Å². The zero-order chi connectivity index (χ0) is 42.5. The van der Waals surface area contributed by atoms with Crippen LogP contribution in [0.4, 0.5) is 5.69 Å². The normalized spacial score (nSPS) is 16.6. The molecule has 17 nitrogen and oxygen atoms in total. The van der Waals surface area contributed by atoms with Crippen molar-refractivity contribution in [2.45, 2.75) is 32.0 Å². The van der Waals surface area contributed by atoms with Gasteiger partial charge in [-0.2, -0.15) is 10.4 Å². The second kappa shape index (κ2) is 17.8.